The summed E-state index contributed by atoms with van der Waals surface area (Å²) in [7, 11) is -3.67. The molecule has 1 N–H and O–H groups in total. The molecule has 1 saturated heterocycles. The summed E-state index contributed by atoms with van der Waals surface area (Å²) in [5, 5.41) is 8.99. The van der Waals surface area contributed by atoms with Crippen LogP contribution in [-0.2, 0) is 21.4 Å². The average molecular weight is 289 g/mol. The van der Waals surface area contributed by atoms with Gasteiger partial charge in [-0.05, 0) is 25.1 Å². The molecule has 106 valence electrons. The number of aliphatic hydroxyl groups is 1. The Balaban J connectivity index is 2.33. The Morgan fingerprint density at radius 3 is 2.89 bits per heavy atom. The molecule has 1 aromatic rings. The molecule has 2 rings (SSSR count). The quantitative estimate of drug-likeness (QED) is 0.890. The SMILES string of the molecule is CC1CN(S(=O)(=O)c2ccc(F)c(CO)c2)CCO1. The van der Waals surface area contributed by atoms with Gasteiger partial charge < -0.3 is 9.84 Å². The molecule has 0 bridgehead atoms. The van der Waals surface area contributed by atoms with Gasteiger partial charge in [-0.25, -0.2) is 12.8 Å². The third kappa shape index (κ3) is 2.94. The Hall–Kier alpha value is -1.02. The maximum Gasteiger partial charge on any atom is 0.243 e. The van der Waals surface area contributed by atoms with E-state index in [9.17, 15) is 12.8 Å². The number of halogens is 1. The number of rotatable bonds is 3. The third-order valence-electron chi connectivity index (χ3n) is 3.03. The fraction of sp³-hybridized carbons (Fsp3) is 0.500. The summed E-state index contributed by atoms with van der Waals surface area (Å²) in [5.74, 6) is -0.614. The highest BCUT2D eigenvalue weighted by molar-refractivity contribution is 7.89. The number of benzene rings is 1. The van der Waals surface area contributed by atoms with Crippen molar-refractivity contribution in [2.75, 3.05) is 19.7 Å². The summed E-state index contributed by atoms with van der Waals surface area (Å²) in [6.45, 7) is 2.15. The summed E-state index contributed by atoms with van der Waals surface area (Å²) < 4.78 is 44.6. The Morgan fingerprint density at radius 2 is 2.26 bits per heavy atom. The molecule has 0 aliphatic carbocycles. The molecule has 1 unspecified atom stereocenters. The van der Waals surface area contributed by atoms with E-state index in [2.05, 4.69) is 0 Å². The van der Waals surface area contributed by atoms with Crippen LogP contribution in [0, 0.1) is 5.82 Å². The number of hydrogen-bond donors (Lipinski definition) is 1. The highest BCUT2D eigenvalue weighted by atomic mass is 32.2. The zero-order valence-corrected chi connectivity index (χ0v) is 11.4. The van der Waals surface area contributed by atoms with E-state index in [4.69, 9.17) is 9.84 Å². The monoisotopic (exact) mass is 289 g/mol. The first-order chi connectivity index (χ1) is 8.95. The van der Waals surface area contributed by atoms with Crippen molar-refractivity contribution >= 4 is 10.0 Å². The molecule has 0 radical (unpaired) electrons. The minimum absolute atomic E-state index is 0.00736. The Kier molecular flexibility index (Phi) is 4.19. The maximum atomic E-state index is 13.3. The van der Waals surface area contributed by atoms with Crippen LogP contribution in [0.15, 0.2) is 23.1 Å². The zero-order chi connectivity index (χ0) is 14.0. The van der Waals surface area contributed by atoms with Crippen LogP contribution in [0.5, 0.6) is 0 Å². The van der Waals surface area contributed by atoms with Gasteiger partial charge in [-0.1, -0.05) is 0 Å². The van der Waals surface area contributed by atoms with Crippen LogP contribution in [-0.4, -0.2) is 43.6 Å². The van der Waals surface area contributed by atoms with Gasteiger partial charge in [-0.3, -0.25) is 0 Å². The van der Waals surface area contributed by atoms with Gasteiger partial charge in [0, 0.05) is 18.7 Å². The minimum Gasteiger partial charge on any atom is -0.392 e. The molecular weight excluding hydrogens is 273 g/mol. The van der Waals surface area contributed by atoms with Gasteiger partial charge >= 0.3 is 0 Å². The molecule has 1 aliphatic heterocycles. The van der Waals surface area contributed by atoms with Crippen molar-refractivity contribution in [1.29, 1.82) is 0 Å². The number of ether oxygens (including phenoxy) is 1. The van der Waals surface area contributed by atoms with Crippen molar-refractivity contribution in [1.82, 2.24) is 4.31 Å². The lowest BCUT2D eigenvalue weighted by atomic mass is 10.2. The molecule has 7 heteroatoms. The number of sulfonamides is 1. The van der Waals surface area contributed by atoms with Crippen LogP contribution < -0.4 is 0 Å². The van der Waals surface area contributed by atoms with E-state index in [1.165, 1.54) is 16.4 Å². The second-order valence-corrected chi connectivity index (χ2v) is 6.39. The van der Waals surface area contributed by atoms with E-state index < -0.39 is 22.4 Å². The largest absolute Gasteiger partial charge is 0.392 e. The first-order valence-electron chi connectivity index (χ1n) is 5.96. The third-order valence-corrected chi connectivity index (χ3v) is 4.89. The fourth-order valence-electron chi connectivity index (χ4n) is 1.99. The molecular formula is C12H16FNO4S. The molecule has 0 spiro atoms. The van der Waals surface area contributed by atoms with Crippen molar-refractivity contribution < 1.29 is 22.7 Å². The van der Waals surface area contributed by atoms with Crippen LogP contribution in [0.3, 0.4) is 0 Å². The smallest absolute Gasteiger partial charge is 0.243 e. The first-order valence-corrected chi connectivity index (χ1v) is 7.40. The molecule has 19 heavy (non-hydrogen) atoms. The summed E-state index contributed by atoms with van der Waals surface area (Å²) >= 11 is 0. The van der Waals surface area contributed by atoms with Crippen molar-refractivity contribution in [3.05, 3.63) is 29.6 Å². The molecule has 1 aliphatic rings. The van der Waals surface area contributed by atoms with Crippen LogP contribution in [0.2, 0.25) is 0 Å². The molecule has 0 amide bonds. The van der Waals surface area contributed by atoms with Crippen LogP contribution in [0.4, 0.5) is 4.39 Å². The maximum absolute atomic E-state index is 13.3. The number of nitrogens with zero attached hydrogens (tertiary/aromatic N) is 1. The Bertz CT molecular complexity index is 561. The Morgan fingerprint density at radius 1 is 1.53 bits per heavy atom. The van der Waals surface area contributed by atoms with E-state index in [1.54, 1.807) is 6.92 Å². The fourth-order valence-corrected chi connectivity index (χ4v) is 3.54. The topological polar surface area (TPSA) is 66.8 Å². The lowest BCUT2D eigenvalue weighted by Crippen LogP contribution is -2.44. The number of hydrogen-bond acceptors (Lipinski definition) is 4. The highest BCUT2D eigenvalue weighted by Crippen LogP contribution is 2.21. The van der Waals surface area contributed by atoms with E-state index in [1.807, 2.05) is 0 Å². The lowest BCUT2D eigenvalue weighted by Gasteiger charge is -2.30. The van der Waals surface area contributed by atoms with Crippen LogP contribution in [0.1, 0.15) is 12.5 Å². The van der Waals surface area contributed by atoms with E-state index in [0.717, 1.165) is 6.07 Å². The molecule has 1 fully saturated rings. The minimum atomic E-state index is -3.67. The van der Waals surface area contributed by atoms with Crippen molar-refractivity contribution in [2.24, 2.45) is 0 Å². The second kappa shape index (κ2) is 5.54. The predicted molar refractivity (Wildman–Crippen MR) is 66.5 cm³/mol. The standard InChI is InChI=1S/C12H16FNO4S/c1-9-7-14(4-5-18-9)19(16,17)11-2-3-12(13)10(6-11)8-15/h2-3,6,9,15H,4-5,7-8H2,1H3. The van der Waals surface area contributed by atoms with E-state index >= 15 is 0 Å². The lowest BCUT2D eigenvalue weighted by molar-refractivity contribution is 0.0102. The van der Waals surface area contributed by atoms with Gasteiger partial charge in [0.25, 0.3) is 0 Å². The van der Waals surface area contributed by atoms with Gasteiger partial charge in [-0.15, -0.1) is 0 Å². The van der Waals surface area contributed by atoms with Gasteiger partial charge in [-0.2, -0.15) is 4.31 Å². The van der Waals surface area contributed by atoms with Gasteiger partial charge in [0.05, 0.1) is 24.2 Å². The van der Waals surface area contributed by atoms with E-state index in [-0.39, 0.29) is 29.7 Å². The van der Waals surface area contributed by atoms with Crippen LogP contribution >= 0.6 is 0 Å². The van der Waals surface area contributed by atoms with Gasteiger partial charge in [0.15, 0.2) is 0 Å². The molecule has 1 aromatic carbocycles. The summed E-state index contributed by atoms with van der Waals surface area (Å²) in [4.78, 5) is -0.00736. The normalized spacial score (nSPS) is 21.5. The zero-order valence-electron chi connectivity index (χ0n) is 10.5. The average Bonchev–Trinajstić information content (AvgIpc) is 2.39. The number of aliphatic hydroxyl groups excluding tert-OH is 1. The van der Waals surface area contributed by atoms with Crippen LogP contribution in [0.25, 0.3) is 0 Å². The predicted octanol–water partition coefficient (Wildman–Crippen LogP) is 0.727. The van der Waals surface area contributed by atoms with Crippen molar-refractivity contribution in [2.45, 2.75) is 24.5 Å². The molecule has 1 heterocycles. The molecule has 0 aromatic heterocycles. The Labute approximate surface area is 111 Å². The second-order valence-electron chi connectivity index (χ2n) is 4.46. The van der Waals surface area contributed by atoms with Gasteiger partial charge in [0.1, 0.15) is 5.82 Å². The number of morpholine rings is 1. The molecule has 1 atom stereocenters. The van der Waals surface area contributed by atoms with Crippen molar-refractivity contribution in [3.8, 4) is 0 Å². The van der Waals surface area contributed by atoms with E-state index in [0.29, 0.717) is 6.61 Å². The van der Waals surface area contributed by atoms with Crippen molar-refractivity contribution in [3.63, 3.8) is 0 Å². The first kappa shape index (κ1) is 14.4. The summed E-state index contributed by atoms with van der Waals surface area (Å²) in [6.07, 6.45) is -0.165. The highest BCUT2D eigenvalue weighted by Gasteiger charge is 2.29. The summed E-state index contributed by atoms with van der Waals surface area (Å²) in [5.41, 5.74) is -0.0256. The molecule has 5 nitrogen and oxygen atoms in total. The molecule has 0 saturated carbocycles. The summed E-state index contributed by atoms with van der Waals surface area (Å²) in [6, 6.07) is 3.44. The van der Waals surface area contributed by atoms with Gasteiger partial charge in [0.2, 0.25) is 10.0 Å².